The molecule has 1 atom stereocenters. The predicted molar refractivity (Wildman–Crippen MR) is 82.3 cm³/mol. The van der Waals surface area contributed by atoms with Crippen molar-refractivity contribution in [2.75, 3.05) is 18.5 Å². The van der Waals surface area contributed by atoms with E-state index in [1.165, 1.54) is 12.1 Å². The monoisotopic (exact) mass is 348 g/mol. The highest BCUT2D eigenvalue weighted by atomic mass is 79.9. The summed E-state index contributed by atoms with van der Waals surface area (Å²) in [5.74, 6) is 0. The summed E-state index contributed by atoms with van der Waals surface area (Å²) in [6, 6.07) is 0. The van der Waals surface area contributed by atoms with Gasteiger partial charge in [-0.2, -0.15) is 5.10 Å². The molecule has 3 nitrogen and oxygen atoms in total. The van der Waals surface area contributed by atoms with Crippen LogP contribution in [-0.2, 0) is 24.1 Å². The molecule has 1 aromatic heterocycles. The molecule has 19 heavy (non-hydrogen) atoms. The van der Waals surface area contributed by atoms with Crippen molar-refractivity contribution in [2.45, 2.75) is 46.1 Å². The molecule has 0 spiro atoms. The fourth-order valence-electron chi connectivity index (χ4n) is 2.74. The molecular formula is C14H22BrClN2O. The molecule has 0 aromatic carbocycles. The van der Waals surface area contributed by atoms with Gasteiger partial charge in [0.05, 0.1) is 23.0 Å². The van der Waals surface area contributed by atoms with E-state index < -0.39 is 0 Å². The minimum absolute atomic E-state index is 0.167. The Balaban J connectivity index is 2.28. The second kappa shape index (κ2) is 6.59. The Morgan fingerprint density at radius 1 is 1.47 bits per heavy atom. The lowest BCUT2D eigenvalue weighted by Crippen LogP contribution is -2.36. The zero-order chi connectivity index (χ0) is 13.9. The van der Waals surface area contributed by atoms with E-state index in [2.05, 4.69) is 39.6 Å². The minimum atomic E-state index is 0.167. The van der Waals surface area contributed by atoms with Crippen LogP contribution in [0.4, 0.5) is 0 Å². The first-order valence-corrected chi connectivity index (χ1v) is 8.53. The second-order valence-corrected chi connectivity index (χ2v) is 6.28. The molecule has 1 saturated heterocycles. The first kappa shape index (κ1) is 15.3. The van der Waals surface area contributed by atoms with Gasteiger partial charge in [-0.3, -0.25) is 4.68 Å². The molecule has 0 radical (unpaired) electrons. The first-order chi connectivity index (χ1) is 9.15. The van der Waals surface area contributed by atoms with E-state index in [1.807, 2.05) is 0 Å². The van der Waals surface area contributed by atoms with Crippen LogP contribution in [-0.4, -0.2) is 28.3 Å². The van der Waals surface area contributed by atoms with Crippen LogP contribution in [0.15, 0.2) is 0 Å². The lowest BCUT2D eigenvalue weighted by molar-refractivity contribution is 0.00520. The molecule has 1 fully saturated rings. The quantitative estimate of drug-likeness (QED) is 0.755. The zero-order valence-electron chi connectivity index (χ0n) is 11.7. The molecule has 5 heteroatoms. The maximum atomic E-state index is 6.51. The topological polar surface area (TPSA) is 27.1 Å². The summed E-state index contributed by atoms with van der Waals surface area (Å²) in [5, 5.41) is 6.41. The van der Waals surface area contributed by atoms with Crippen LogP contribution < -0.4 is 0 Å². The Morgan fingerprint density at radius 3 is 2.79 bits per heavy atom. The first-order valence-electron chi connectivity index (χ1n) is 7.03. The molecule has 1 aromatic rings. The Labute approximate surface area is 128 Å². The number of ether oxygens (including phenoxy) is 1. The summed E-state index contributed by atoms with van der Waals surface area (Å²) in [6.45, 7) is 6.78. The van der Waals surface area contributed by atoms with Gasteiger partial charge in [-0.05, 0) is 32.6 Å². The average Bonchev–Trinajstić information content (AvgIpc) is 2.76. The van der Waals surface area contributed by atoms with Gasteiger partial charge in [-0.1, -0.05) is 34.5 Å². The number of aromatic nitrogens is 2. The van der Waals surface area contributed by atoms with Crippen LogP contribution in [0.5, 0.6) is 0 Å². The molecule has 0 aliphatic carbocycles. The summed E-state index contributed by atoms with van der Waals surface area (Å²) in [5.41, 5.74) is 2.35. The third kappa shape index (κ3) is 3.17. The van der Waals surface area contributed by atoms with Crippen molar-refractivity contribution in [1.29, 1.82) is 0 Å². The van der Waals surface area contributed by atoms with Gasteiger partial charge in [0.1, 0.15) is 0 Å². The van der Waals surface area contributed by atoms with E-state index in [0.29, 0.717) is 0 Å². The Hall–Kier alpha value is -0.0600. The number of alkyl halides is 1. The molecule has 108 valence electrons. The predicted octanol–water partition coefficient (Wildman–Crippen LogP) is 3.85. The maximum Gasteiger partial charge on any atom is 0.0850 e. The van der Waals surface area contributed by atoms with Gasteiger partial charge in [-0.15, -0.1) is 0 Å². The van der Waals surface area contributed by atoms with E-state index >= 15 is 0 Å². The van der Waals surface area contributed by atoms with E-state index in [-0.39, 0.29) is 5.41 Å². The standard InChI is InChI=1S/C14H22BrClN2O/c1-3-11-13(16)12(18(4-2)17-11)8-14(9-15)6-5-7-19-10-14/h3-10H2,1-2H3. The van der Waals surface area contributed by atoms with Crippen molar-refractivity contribution >= 4 is 27.5 Å². The zero-order valence-corrected chi connectivity index (χ0v) is 14.1. The summed E-state index contributed by atoms with van der Waals surface area (Å²) >= 11 is 10.2. The molecule has 0 saturated carbocycles. The molecule has 1 unspecified atom stereocenters. The van der Waals surface area contributed by atoms with Gasteiger partial charge in [0.2, 0.25) is 0 Å². The van der Waals surface area contributed by atoms with Crippen LogP contribution in [0.25, 0.3) is 0 Å². The Morgan fingerprint density at radius 2 is 2.26 bits per heavy atom. The van der Waals surface area contributed by atoms with Crippen molar-refractivity contribution in [3.63, 3.8) is 0 Å². The second-order valence-electron chi connectivity index (χ2n) is 5.34. The van der Waals surface area contributed by atoms with Crippen molar-refractivity contribution in [2.24, 2.45) is 5.41 Å². The fourth-order valence-corrected chi connectivity index (χ4v) is 3.72. The van der Waals surface area contributed by atoms with Crippen molar-refractivity contribution in [3.8, 4) is 0 Å². The number of nitrogens with zero attached hydrogens (tertiary/aromatic N) is 2. The fraction of sp³-hybridized carbons (Fsp3) is 0.786. The molecule has 2 heterocycles. The highest BCUT2D eigenvalue weighted by molar-refractivity contribution is 9.09. The van der Waals surface area contributed by atoms with Crippen molar-refractivity contribution in [1.82, 2.24) is 9.78 Å². The smallest absolute Gasteiger partial charge is 0.0850 e. The van der Waals surface area contributed by atoms with Crippen LogP contribution >= 0.6 is 27.5 Å². The largest absolute Gasteiger partial charge is 0.381 e. The highest BCUT2D eigenvalue weighted by Gasteiger charge is 2.34. The van der Waals surface area contributed by atoms with Crippen LogP contribution in [0, 0.1) is 5.41 Å². The van der Waals surface area contributed by atoms with E-state index in [1.54, 1.807) is 0 Å². The molecule has 0 N–H and O–H groups in total. The number of aryl methyl sites for hydroxylation is 2. The van der Waals surface area contributed by atoms with Crippen molar-refractivity contribution in [3.05, 3.63) is 16.4 Å². The molecule has 1 aliphatic heterocycles. The summed E-state index contributed by atoms with van der Waals surface area (Å²) in [4.78, 5) is 0. The molecule has 0 amide bonds. The Kier molecular flexibility index (Phi) is 5.32. The average molecular weight is 350 g/mol. The Bertz CT molecular complexity index is 427. The number of hydrogen-bond donors (Lipinski definition) is 0. The third-order valence-corrected chi connectivity index (χ3v) is 5.55. The van der Waals surface area contributed by atoms with Gasteiger partial charge in [-0.25, -0.2) is 0 Å². The lowest BCUT2D eigenvalue weighted by Gasteiger charge is -2.35. The van der Waals surface area contributed by atoms with Crippen LogP contribution in [0.2, 0.25) is 5.02 Å². The number of halogens is 2. The molecule has 1 aliphatic rings. The molecular weight excluding hydrogens is 328 g/mol. The summed E-state index contributed by atoms with van der Waals surface area (Å²) < 4.78 is 7.75. The van der Waals surface area contributed by atoms with E-state index in [0.717, 1.165) is 55.1 Å². The minimum Gasteiger partial charge on any atom is -0.381 e. The SMILES string of the molecule is CCc1nn(CC)c(CC2(CBr)CCCOC2)c1Cl. The number of rotatable bonds is 5. The van der Waals surface area contributed by atoms with Gasteiger partial charge in [0, 0.05) is 23.9 Å². The van der Waals surface area contributed by atoms with E-state index in [9.17, 15) is 0 Å². The van der Waals surface area contributed by atoms with E-state index in [4.69, 9.17) is 16.3 Å². The molecule has 2 rings (SSSR count). The van der Waals surface area contributed by atoms with Gasteiger partial charge in [0.25, 0.3) is 0 Å². The van der Waals surface area contributed by atoms with Crippen molar-refractivity contribution < 1.29 is 4.74 Å². The van der Waals surface area contributed by atoms with Gasteiger partial charge in [0.15, 0.2) is 0 Å². The molecule has 0 bridgehead atoms. The summed E-state index contributed by atoms with van der Waals surface area (Å²) in [6.07, 6.45) is 4.14. The van der Waals surface area contributed by atoms with Crippen LogP contribution in [0.1, 0.15) is 38.1 Å². The third-order valence-electron chi connectivity index (χ3n) is 3.92. The van der Waals surface area contributed by atoms with Gasteiger partial charge < -0.3 is 4.74 Å². The normalized spacial score (nSPS) is 23.8. The van der Waals surface area contributed by atoms with Crippen LogP contribution in [0.3, 0.4) is 0 Å². The number of hydrogen-bond acceptors (Lipinski definition) is 2. The summed E-state index contributed by atoms with van der Waals surface area (Å²) in [7, 11) is 0. The van der Waals surface area contributed by atoms with Gasteiger partial charge >= 0.3 is 0 Å². The highest BCUT2D eigenvalue weighted by Crippen LogP contribution is 2.37. The maximum absolute atomic E-state index is 6.51. The lowest BCUT2D eigenvalue weighted by atomic mass is 9.80.